The number of halogens is 5. The molecule has 1 rings (SSSR count). The maximum atomic E-state index is 13.0. The molecule has 0 bridgehead atoms. The predicted octanol–water partition coefficient (Wildman–Crippen LogP) is 0.376. The number of hydrogen-bond donors (Lipinski definition) is 1. The van der Waals surface area contributed by atoms with E-state index in [4.69, 9.17) is 5.11 Å². The Morgan fingerprint density at radius 3 is 1.76 bits per heavy atom. The van der Waals surface area contributed by atoms with Crippen molar-refractivity contribution < 1.29 is 36.2 Å². The van der Waals surface area contributed by atoms with Crippen LogP contribution in [0.5, 0.6) is 5.75 Å². The molecule has 0 saturated carbocycles. The van der Waals surface area contributed by atoms with Crippen molar-refractivity contribution in [3.63, 3.8) is 0 Å². The van der Waals surface area contributed by atoms with E-state index in [2.05, 4.69) is 9.16 Å². The molecule has 0 aliphatic carbocycles. The molecule has 9 heteroatoms. The molecule has 1 atom stereocenters. The monoisotopic (exact) mass is 274 g/mol. The summed E-state index contributed by atoms with van der Waals surface area (Å²) in [4.78, 5) is 0. The first-order valence-corrected chi connectivity index (χ1v) is 5.06. The van der Waals surface area contributed by atoms with E-state index in [0.717, 1.165) is 0 Å². The molecule has 1 unspecified atom stereocenters. The molecule has 0 heterocycles. The quantitative estimate of drug-likeness (QED) is 0.283. The van der Waals surface area contributed by atoms with Crippen LogP contribution in [0.4, 0.5) is 22.0 Å². The lowest BCUT2D eigenvalue weighted by atomic mass is 10.2. The lowest BCUT2D eigenvalue weighted by molar-refractivity contribution is -0.0449. The van der Waals surface area contributed by atoms with Crippen LogP contribution in [0.1, 0.15) is 0 Å². The molecular formula is C8H7F5O3Si. The highest BCUT2D eigenvalue weighted by Gasteiger charge is 2.27. The fourth-order valence-corrected chi connectivity index (χ4v) is 1.07. The number of rotatable bonds is 4. The van der Waals surface area contributed by atoms with E-state index in [-0.39, 0.29) is 10.5 Å². The molecule has 3 nitrogen and oxygen atoms in total. The Balaban J connectivity index is 3.07. The van der Waals surface area contributed by atoms with Gasteiger partial charge < -0.3 is 14.3 Å². The largest absolute Gasteiger partial charge is 0.482 e. The van der Waals surface area contributed by atoms with Gasteiger partial charge in [0.05, 0.1) is 0 Å². The van der Waals surface area contributed by atoms with Gasteiger partial charge in [0.15, 0.2) is 12.0 Å². The van der Waals surface area contributed by atoms with Crippen molar-refractivity contribution in [3.05, 3.63) is 29.1 Å². The van der Waals surface area contributed by atoms with Gasteiger partial charge in [-0.3, -0.25) is 0 Å². The van der Waals surface area contributed by atoms with Crippen LogP contribution in [0, 0.1) is 29.1 Å². The maximum absolute atomic E-state index is 13.0. The highest BCUT2D eigenvalue weighted by atomic mass is 28.2. The minimum atomic E-state index is -2.27. The average molecular weight is 274 g/mol. The van der Waals surface area contributed by atoms with Gasteiger partial charge in [-0.05, 0) is 0 Å². The van der Waals surface area contributed by atoms with Gasteiger partial charge in [0.1, 0.15) is 17.1 Å². The van der Waals surface area contributed by atoms with Crippen molar-refractivity contribution in [2.75, 3.05) is 6.61 Å². The van der Waals surface area contributed by atoms with Crippen molar-refractivity contribution in [1.82, 2.24) is 0 Å². The van der Waals surface area contributed by atoms with Crippen LogP contribution in [0.15, 0.2) is 0 Å². The molecule has 0 aliphatic rings. The smallest absolute Gasteiger partial charge is 0.206 e. The van der Waals surface area contributed by atoms with Crippen molar-refractivity contribution in [2.45, 2.75) is 6.29 Å². The average Bonchev–Trinajstić information content (AvgIpc) is 2.33. The van der Waals surface area contributed by atoms with Gasteiger partial charge in [-0.25, -0.2) is 13.2 Å². The Morgan fingerprint density at radius 1 is 0.941 bits per heavy atom. The summed E-state index contributed by atoms with van der Waals surface area (Å²) in [5.41, 5.74) is 0. The molecule has 0 fully saturated rings. The molecule has 1 aromatic rings. The van der Waals surface area contributed by atoms with E-state index in [0.29, 0.717) is 0 Å². The van der Waals surface area contributed by atoms with Crippen LogP contribution in [-0.4, -0.2) is 28.5 Å². The molecule has 0 aromatic heterocycles. The van der Waals surface area contributed by atoms with E-state index in [1.54, 1.807) is 0 Å². The number of aliphatic hydroxyl groups excluding tert-OH is 1. The minimum absolute atomic E-state index is 0.115. The first kappa shape index (κ1) is 13.9. The van der Waals surface area contributed by atoms with E-state index in [9.17, 15) is 22.0 Å². The number of hydrogen-bond acceptors (Lipinski definition) is 3. The Morgan fingerprint density at radius 2 is 1.35 bits per heavy atom. The zero-order chi connectivity index (χ0) is 13.2. The highest BCUT2D eigenvalue weighted by molar-refractivity contribution is 5.98. The summed E-state index contributed by atoms with van der Waals surface area (Å²) in [7, 11) is 0.115. The zero-order valence-corrected chi connectivity index (χ0v) is 10.4. The normalized spacial score (nSPS) is 12.8. The molecule has 0 spiro atoms. The topological polar surface area (TPSA) is 38.7 Å². The van der Waals surface area contributed by atoms with E-state index >= 15 is 0 Å². The summed E-state index contributed by atoms with van der Waals surface area (Å²) in [5, 5.41) is 8.88. The third-order valence-electron chi connectivity index (χ3n) is 1.81. The standard InChI is InChI=1S/C8H7F5O3Si/c9-3-4(10)6(12)8(7(13)5(3)11)15-1-2(14)16-17/h2,14H,1H2,17H3. The molecule has 1 N–H and O–H groups in total. The van der Waals surface area contributed by atoms with E-state index in [1.165, 1.54) is 0 Å². The second kappa shape index (κ2) is 5.43. The van der Waals surface area contributed by atoms with Gasteiger partial charge in [-0.2, -0.15) is 8.78 Å². The summed E-state index contributed by atoms with van der Waals surface area (Å²) >= 11 is 0. The molecule has 96 valence electrons. The minimum Gasteiger partial charge on any atom is -0.482 e. The van der Waals surface area contributed by atoms with Crippen LogP contribution in [0.25, 0.3) is 0 Å². The molecular weight excluding hydrogens is 267 g/mol. The third-order valence-corrected chi connectivity index (χ3v) is 2.36. The first-order valence-electron chi connectivity index (χ1n) is 4.25. The molecule has 0 amide bonds. The highest BCUT2D eigenvalue weighted by Crippen LogP contribution is 2.29. The lowest BCUT2D eigenvalue weighted by Gasteiger charge is -2.13. The van der Waals surface area contributed by atoms with Gasteiger partial charge in [-0.1, -0.05) is 0 Å². The van der Waals surface area contributed by atoms with Crippen LogP contribution < -0.4 is 4.74 Å². The van der Waals surface area contributed by atoms with Crippen LogP contribution >= 0.6 is 0 Å². The van der Waals surface area contributed by atoms with Gasteiger partial charge >= 0.3 is 0 Å². The Kier molecular flexibility index (Phi) is 4.43. The first-order chi connectivity index (χ1) is 7.90. The van der Waals surface area contributed by atoms with E-state index < -0.39 is 47.7 Å². The van der Waals surface area contributed by atoms with Crippen molar-refractivity contribution in [2.24, 2.45) is 0 Å². The van der Waals surface area contributed by atoms with Crippen LogP contribution in [-0.2, 0) is 4.43 Å². The van der Waals surface area contributed by atoms with Gasteiger partial charge in [0, 0.05) is 0 Å². The maximum Gasteiger partial charge on any atom is 0.206 e. The number of benzene rings is 1. The Bertz CT molecular complexity index is 399. The summed E-state index contributed by atoms with van der Waals surface area (Å²) in [5.74, 6) is -12.1. The van der Waals surface area contributed by atoms with Crippen molar-refractivity contribution in [1.29, 1.82) is 0 Å². The molecule has 0 radical (unpaired) electrons. The molecule has 17 heavy (non-hydrogen) atoms. The van der Waals surface area contributed by atoms with Crippen molar-refractivity contribution >= 4 is 10.5 Å². The fourth-order valence-electron chi connectivity index (χ4n) is 0.934. The second-order valence-corrected chi connectivity index (χ2v) is 3.37. The SMILES string of the molecule is OC(COc1c(F)c(F)c(F)c(F)c1F)O[SiH3]. The second-order valence-electron chi connectivity index (χ2n) is 2.90. The van der Waals surface area contributed by atoms with Crippen LogP contribution in [0.3, 0.4) is 0 Å². The van der Waals surface area contributed by atoms with Crippen LogP contribution in [0.2, 0.25) is 0 Å². The summed E-state index contributed by atoms with van der Waals surface area (Å²) in [6.07, 6.45) is -1.49. The van der Waals surface area contributed by atoms with Gasteiger partial charge in [0.2, 0.25) is 29.1 Å². The number of ether oxygens (including phenoxy) is 1. The predicted molar refractivity (Wildman–Crippen MR) is 48.8 cm³/mol. The zero-order valence-electron chi connectivity index (χ0n) is 8.44. The lowest BCUT2D eigenvalue weighted by Crippen LogP contribution is -2.21. The summed E-state index contributed by atoms with van der Waals surface area (Å²) in [6, 6.07) is 0. The Hall–Kier alpha value is -1.19. The third kappa shape index (κ3) is 2.73. The molecule has 0 saturated heterocycles. The summed E-state index contributed by atoms with van der Waals surface area (Å²) in [6.45, 7) is -0.748. The molecule has 0 aliphatic heterocycles. The summed E-state index contributed by atoms with van der Waals surface area (Å²) < 4.78 is 72.7. The van der Waals surface area contributed by atoms with Gasteiger partial charge in [-0.15, -0.1) is 0 Å². The van der Waals surface area contributed by atoms with Gasteiger partial charge in [0.25, 0.3) is 0 Å². The van der Waals surface area contributed by atoms with E-state index in [1.807, 2.05) is 0 Å². The fraction of sp³-hybridized carbons (Fsp3) is 0.250. The Labute approximate surface area is 95.3 Å². The van der Waals surface area contributed by atoms with Crippen molar-refractivity contribution in [3.8, 4) is 5.75 Å². The number of aliphatic hydroxyl groups is 1. The molecule has 1 aromatic carbocycles.